The number of nitrogens with one attached hydrogen (secondary N) is 2. The quantitative estimate of drug-likeness (QED) is 0.810. The van der Waals surface area contributed by atoms with Gasteiger partial charge in [-0.1, -0.05) is 0 Å². The number of aromatic amines is 1. The van der Waals surface area contributed by atoms with Gasteiger partial charge in [0.2, 0.25) is 0 Å². The summed E-state index contributed by atoms with van der Waals surface area (Å²) in [7, 11) is 0. The van der Waals surface area contributed by atoms with E-state index in [0.29, 0.717) is 12.1 Å². The highest BCUT2D eigenvalue weighted by molar-refractivity contribution is 6.02. The zero-order chi connectivity index (χ0) is 14.0. The monoisotopic (exact) mass is 269 g/mol. The zero-order valence-corrected chi connectivity index (χ0v) is 9.21. The number of benzene rings is 1. The van der Waals surface area contributed by atoms with E-state index >= 15 is 0 Å². The minimum Gasteiger partial charge on any atom is -0.318 e. The van der Waals surface area contributed by atoms with Crippen LogP contribution in [0.25, 0.3) is 0 Å². The van der Waals surface area contributed by atoms with Gasteiger partial charge in [0, 0.05) is 18.2 Å². The number of rotatable bonds is 2. The number of nitrogens with zero attached hydrogens (tertiary/aromatic N) is 1. The summed E-state index contributed by atoms with van der Waals surface area (Å²) in [6.45, 7) is 0. The van der Waals surface area contributed by atoms with Crippen molar-refractivity contribution in [3.63, 3.8) is 0 Å². The van der Waals surface area contributed by atoms with Crippen molar-refractivity contribution in [2.24, 2.45) is 0 Å². The Kier molecular flexibility index (Phi) is 3.32. The normalized spacial score (nSPS) is 10.3. The van der Waals surface area contributed by atoms with E-state index in [1.165, 1.54) is 0 Å². The molecule has 1 amide bonds. The van der Waals surface area contributed by atoms with Crippen LogP contribution in [0, 0.1) is 17.5 Å². The average molecular weight is 269 g/mol. The molecule has 19 heavy (non-hydrogen) atoms. The largest absolute Gasteiger partial charge is 0.318 e. The van der Waals surface area contributed by atoms with E-state index in [2.05, 4.69) is 5.10 Å². The highest BCUT2D eigenvalue weighted by Crippen LogP contribution is 2.19. The Morgan fingerprint density at radius 1 is 1.21 bits per heavy atom. The van der Waals surface area contributed by atoms with Crippen LogP contribution in [0.1, 0.15) is 10.5 Å². The zero-order valence-electron chi connectivity index (χ0n) is 9.21. The molecule has 0 bridgehead atoms. The third kappa shape index (κ3) is 2.79. The lowest BCUT2D eigenvalue weighted by Gasteiger charge is -2.06. The minimum atomic E-state index is -1.43. The molecule has 2 aromatic rings. The Bertz CT molecular complexity index is 680. The molecular weight excluding hydrogens is 263 g/mol. The molecule has 0 spiro atoms. The van der Waals surface area contributed by atoms with Crippen LogP contribution in [0.2, 0.25) is 0 Å². The molecular formula is C11H6F3N3O2. The summed E-state index contributed by atoms with van der Waals surface area (Å²) in [5.41, 5.74) is -1.42. The molecule has 98 valence electrons. The van der Waals surface area contributed by atoms with Crippen molar-refractivity contribution in [2.45, 2.75) is 0 Å². The number of carbonyl (C=O) groups is 1. The van der Waals surface area contributed by atoms with Crippen LogP contribution in [0.4, 0.5) is 18.9 Å². The Hall–Kier alpha value is -2.64. The number of hydrogen-bond donors (Lipinski definition) is 2. The number of aromatic nitrogens is 2. The smallest absolute Gasteiger partial charge is 0.276 e. The predicted octanol–water partition coefficient (Wildman–Crippen LogP) is 1.44. The number of halogens is 3. The van der Waals surface area contributed by atoms with E-state index in [-0.39, 0.29) is 5.69 Å². The maximum absolute atomic E-state index is 13.3. The van der Waals surface area contributed by atoms with E-state index in [0.717, 1.165) is 12.1 Å². The predicted molar refractivity (Wildman–Crippen MR) is 59.1 cm³/mol. The number of carbonyl (C=O) groups excluding carboxylic acids is 1. The van der Waals surface area contributed by atoms with Gasteiger partial charge in [-0.25, -0.2) is 18.3 Å². The van der Waals surface area contributed by atoms with Crippen LogP contribution < -0.4 is 10.9 Å². The molecule has 0 saturated heterocycles. The fourth-order valence-corrected chi connectivity index (χ4v) is 1.30. The minimum absolute atomic E-state index is 0.233. The molecule has 5 nitrogen and oxygen atoms in total. The van der Waals surface area contributed by atoms with Crippen molar-refractivity contribution in [1.82, 2.24) is 10.2 Å². The van der Waals surface area contributed by atoms with E-state index in [1.54, 1.807) is 0 Å². The molecule has 1 heterocycles. The molecule has 8 heteroatoms. The summed E-state index contributed by atoms with van der Waals surface area (Å²) < 4.78 is 39.1. The highest BCUT2D eigenvalue weighted by atomic mass is 19.2. The number of amides is 1. The highest BCUT2D eigenvalue weighted by Gasteiger charge is 2.15. The summed E-state index contributed by atoms with van der Waals surface area (Å²) >= 11 is 0. The van der Waals surface area contributed by atoms with Crippen molar-refractivity contribution in [1.29, 1.82) is 0 Å². The second kappa shape index (κ2) is 4.92. The van der Waals surface area contributed by atoms with Gasteiger partial charge in [0.25, 0.3) is 11.5 Å². The van der Waals surface area contributed by atoms with Gasteiger partial charge < -0.3 is 5.32 Å². The maximum Gasteiger partial charge on any atom is 0.276 e. The summed E-state index contributed by atoms with van der Waals surface area (Å²) in [4.78, 5) is 22.3. The molecule has 0 saturated carbocycles. The molecule has 2 N–H and O–H groups in total. The maximum atomic E-state index is 13.3. The summed E-state index contributed by atoms with van der Waals surface area (Å²) in [6.07, 6.45) is 0. The molecule has 0 radical (unpaired) electrons. The van der Waals surface area contributed by atoms with E-state index < -0.39 is 34.6 Å². The van der Waals surface area contributed by atoms with Gasteiger partial charge in [-0.2, -0.15) is 5.10 Å². The van der Waals surface area contributed by atoms with Gasteiger partial charge in [-0.15, -0.1) is 0 Å². The first-order valence-electron chi connectivity index (χ1n) is 4.99. The Morgan fingerprint density at radius 3 is 2.58 bits per heavy atom. The first kappa shape index (κ1) is 12.8. The molecule has 0 aliphatic carbocycles. The standard InChI is InChI=1S/C11H6F3N3O2/c12-5-3-6(13)10(14)8(4-5)15-11(19)7-1-2-9(18)17-16-7/h1-4H,(H,15,19)(H,17,18). The number of hydrogen-bond acceptors (Lipinski definition) is 3. The van der Waals surface area contributed by atoms with E-state index in [4.69, 9.17) is 0 Å². The van der Waals surface area contributed by atoms with Crippen molar-refractivity contribution in [3.05, 3.63) is 57.8 Å². The van der Waals surface area contributed by atoms with Gasteiger partial charge in [0.1, 0.15) is 11.5 Å². The Morgan fingerprint density at radius 2 is 1.95 bits per heavy atom. The summed E-state index contributed by atoms with van der Waals surface area (Å²) in [5, 5.41) is 7.33. The average Bonchev–Trinajstić information content (AvgIpc) is 2.36. The van der Waals surface area contributed by atoms with Crippen LogP contribution >= 0.6 is 0 Å². The van der Waals surface area contributed by atoms with Crippen LogP contribution in [0.3, 0.4) is 0 Å². The van der Waals surface area contributed by atoms with Gasteiger partial charge in [-0.05, 0) is 6.07 Å². The van der Waals surface area contributed by atoms with E-state index in [1.807, 2.05) is 10.4 Å². The van der Waals surface area contributed by atoms with Crippen LogP contribution in [0.5, 0.6) is 0 Å². The second-order valence-electron chi connectivity index (χ2n) is 3.51. The lowest BCUT2D eigenvalue weighted by Crippen LogP contribution is -2.18. The van der Waals surface area contributed by atoms with Crippen molar-refractivity contribution >= 4 is 11.6 Å². The molecule has 1 aromatic carbocycles. The first-order chi connectivity index (χ1) is 8.97. The van der Waals surface area contributed by atoms with Crippen LogP contribution in [-0.4, -0.2) is 16.1 Å². The third-order valence-electron chi connectivity index (χ3n) is 2.15. The van der Waals surface area contributed by atoms with Crippen molar-refractivity contribution in [3.8, 4) is 0 Å². The molecule has 0 atom stereocenters. The molecule has 2 rings (SSSR count). The number of anilines is 1. The number of H-pyrrole nitrogens is 1. The lowest BCUT2D eigenvalue weighted by atomic mass is 10.2. The van der Waals surface area contributed by atoms with Gasteiger partial charge >= 0.3 is 0 Å². The summed E-state index contributed by atoms with van der Waals surface area (Å²) in [6, 6.07) is 3.09. The Balaban J connectivity index is 2.29. The lowest BCUT2D eigenvalue weighted by molar-refractivity contribution is 0.102. The van der Waals surface area contributed by atoms with Gasteiger partial charge in [0.15, 0.2) is 11.6 Å². The Labute approximate surface area is 104 Å². The third-order valence-corrected chi connectivity index (χ3v) is 2.15. The fourth-order valence-electron chi connectivity index (χ4n) is 1.30. The molecule has 0 unspecified atom stereocenters. The van der Waals surface area contributed by atoms with Crippen LogP contribution in [0.15, 0.2) is 29.1 Å². The SMILES string of the molecule is O=C(Nc1cc(F)cc(F)c1F)c1ccc(=O)[nH]n1. The molecule has 1 aromatic heterocycles. The van der Waals surface area contributed by atoms with Gasteiger partial charge in [0.05, 0.1) is 5.69 Å². The van der Waals surface area contributed by atoms with Crippen molar-refractivity contribution < 1.29 is 18.0 Å². The summed E-state index contributed by atoms with van der Waals surface area (Å²) in [5.74, 6) is -4.77. The second-order valence-corrected chi connectivity index (χ2v) is 3.51. The molecule has 0 aliphatic rings. The molecule has 0 fully saturated rings. The fraction of sp³-hybridized carbons (Fsp3) is 0. The van der Waals surface area contributed by atoms with Crippen molar-refractivity contribution in [2.75, 3.05) is 5.32 Å². The first-order valence-corrected chi connectivity index (χ1v) is 4.99. The van der Waals surface area contributed by atoms with Gasteiger partial charge in [-0.3, -0.25) is 9.59 Å². The topological polar surface area (TPSA) is 74.8 Å². The molecule has 0 aliphatic heterocycles. The van der Waals surface area contributed by atoms with Crippen LogP contribution in [-0.2, 0) is 0 Å². The van der Waals surface area contributed by atoms with E-state index in [9.17, 15) is 22.8 Å².